The molecule has 0 amide bonds. The van der Waals surface area contributed by atoms with E-state index in [2.05, 4.69) is 79.7 Å². The minimum absolute atomic E-state index is 0.0898. The Morgan fingerprint density at radius 2 is 1.05 bits per heavy atom. The van der Waals surface area contributed by atoms with Crippen molar-refractivity contribution >= 4 is 14.2 Å². The van der Waals surface area contributed by atoms with Gasteiger partial charge < -0.3 is 0 Å². The first kappa shape index (κ1) is 29.6. The van der Waals surface area contributed by atoms with Crippen LogP contribution in [0.25, 0.3) is 0 Å². The second kappa shape index (κ2) is 11.6. The van der Waals surface area contributed by atoms with Crippen LogP contribution < -0.4 is 0 Å². The van der Waals surface area contributed by atoms with Crippen LogP contribution in [0.3, 0.4) is 0 Å². The van der Waals surface area contributed by atoms with Gasteiger partial charge in [-0.3, -0.25) is 0 Å². The molecule has 2 aromatic rings. The van der Waals surface area contributed by atoms with Gasteiger partial charge in [0.25, 0.3) is 0 Å². The van der Waals surface area contributed by atoms with Crippen molar-refractivity contribution in [1.29, 1.82) is 0 Å². The Morgan fingerprint density at radius 3 is 1.41 bits per heavy atom. The quantitative estimate of drug-likeness (QED) is 0.358. The molecule has 1 saturated carbocycles. The molecule has 1 heterocycles. The summed E-state index contributed by atoms with van der Waals surface area (Å²) in [5.41, 5.74) is 7.34. The molecule has 1 fully saturated rings. The van der Waals surface area contributed by atoms with Crippen LogP contribution in [-0.2, 0) is 41.5 Å². The fraction of sp³-hybridized carbons (Fsp3) is 0.625. The third-order valence-electron chi connectivity index (χ3n) is 8.20. The number of hydrogen-bond donors (Lipinski definition) is 2. The van der Waals surface area contributed by atoms with Crippen molar-refractivity contribution in [1.82, 2.24) is 0 Å². The number of rotatable bonds is 4. The van der Waals surface area contributed by atoms with E-state index >= 15 is 0 Å². The molecule has 1 aliphatic heterocycles. The summed E-state index contributed by atoms with van der Waals surface area (Å²) in [7, 11) is 0.871. The molecule has 0 saturated heterocycles. The standard InChI is InChI=1S/C32H48O2S2.Zr/c1-21-15-25(31(3,4)5)17-23(29(21)33)19-35-27-13-11-9-10-12-14-28(27)36-20-24-18-26(32(6,7)8)16-22(2)30(24)34;/h15-18,27-28,33-34H,9-14,19-20H2,1-8H3;/t27-,28?;/m0./s1. The van der Waals surface area contributed by atoms with Gasteiger partial charge in [-0.25, -0.2) is 0 Å². The number of phenolic OH excluding ortho intramolecular Hbond substituents is 2. The number of hydrogen-bond acceptors (Lipinski definition) is 2. The molecule has 2 aliphatic rings. The Labute approximate surface area is 238 Å². The second-order valence-electron chi connectivity index (χ2n) is 13.4. The minimum atomic E-state index is -0.698. The zero-order valence-corrected chi connectivity index (χ0v) is 28.4. The zero-order chi connectivity index (χ0) is 27.1. The predicted octanol–water partition coefficient (Wildman–Crippen LogP) is 9.57. The predicted molar refractivity (Wildman–Crippen MR) is 161 cm³/mol. The third-order valence-corrected chi connectivity index (χ3v) is 30.0. The van der Waals surface area contributed by atoms with E-state index in [0.29, 0.717) is 25.7 Å². The van der Waals surface area contributed by atoms with Crippen molar-refractivity contribution in [3.8, 4) is 11.5 Å². The summed E-state index contributed by atoms with van der Waals surface area (Å²) in [6.07, 6.45) is 8.28. The van der Waals surface area contributed by atoms with Gasteiger partial charge in [-0.1, -0.05) is 0 Å². The van der Waals surface area contributed by atoms with E-state index in [1.165, 1.54) is 60.8 Å². The first-order valence-electron chi connectivity index (χ1n) is 14.1. The molecule has 0 radical (unpaired) electrons. The van der Waals surface area contributed by atoms with Crippen LogP contribution in [0.5, 0.6) is 11.5 Å². The third kappa shape index (κ3) is 6.86. The van der Waals surface area contributed by atoms with Gasteiger partial charge >= 0.3 is 240 Å². The maximum atomic E-state index is 11.1. The van der Waals surface area contributed by atoms with Gasteiger partial charge in [0, 0.05) is 0 Å². The van der Waals surface area contributed by atoms with Crippen molar-refractivity contribution in [3.05, 3.63) is 57.6 Å². The number of benzene rings is 2. The van der Waals surface area contributed by atoms with Crippen LogP contribution in [-0.4, -0.2) is 20.7 Å². The maximum absolute atomic E-state index is 11.1. The molecular weight excluding hydrogens is 572 g/mol. The molecule has 1 aliphatic carbocycles. The van der Waals surface area contributed by atoms with Gasteiger partial charge in [0.05, 0.1) is 0 Å². The van der Waals surface area contributed by atoms with Gasteiger partial charge in [-0.05, 0) is 0 Å². The van der Waals surface area contributed by atoms with Crippen molar-refractivity contribution in [2.45, 2.75) is 127 Å². The summed E-state index contributed by atoms with van der Waals surface area (Å²) in [5.74, 6) is 3.25. The van der Waals surface area contributed by atoms with E-state index in [1.807, 2.05) is 0 Å². The molecule has 5 heteroatoms. The SMILES string of the molecule is Cc1cc(C(C)(C)C)cc(C[S]2=[Zr]=[S](Cc3cc(C(C)(C)C)cc(C)c3O)[C@H]3CCCCCCC32)c1O. The van der Waals surface area contributed by atoms with E-state index in [0.717, 1.165) is 33.1 Å². The van der Waals surface area contributed by atoms with E-state index in [1.54, 1.807) is 0 Å². The molecule has 2 nitrogen and oxygen atoms in total. The number of aryl methyl sites for hydroxylation is 2. The van der Waals surface area contributed by atoms with Crippen LogP contribution in [0.1, 0.15) is 113 Å². The Morgan fingerprint density at radius 1 is 0.676 bits per heavy atom. The van der Waals surface area contributed by atoms with Gasteiger partial charge in [-0.2, -0.15) is 0 Å². The van der Waals surface area contributed by atoms with Crippen LogP contribution in [0.15, 0.2) is 24.3 Å². The van der Waals surface area contributed by atoms with Crippen LogP contribution >= 0.6 is 14.2 Å². The molecule has 4 atom stereocenters. The van der Waals surface area contributed by atoms with E-state index in [4.69, 9.17) is 0 Å². The molecule has 37 heavy (non-hydrogen) atoms. The van der Waals surface area contributed by atoms with Crippen molar-refractivity contribution in [2.24, 2.45) is 0 Å². The van der Waals surface area contributed by atoms with Gasteiger partial charge in [0.1, 0.15) is 0 Å². The summed E-state index contributed by atoms with van der Waals surface area (Å²) in [4.78, 5) is 0. The Bertz CT molecular complexity index is 1150. The van der Waals surface area contributed by atoms with E-state index in [-0.39, 0.29) is 10.8 Å². The molecule has 4 rings (SSSR count). The second-order valence-corrected chi connectivity index (χ2v) is 29.0. The molecule has 0 bridgehead atoms. The monoisotopic (exact) mass is 618 g/mol. The van der Waals surface area contributed by atoms with Crippen LogP contribution in [0.2, 0.25) is 0 Å². The average molecular weight is 620 g/mol. The summed E-state index contributed by atoms with van der Waals surface area (Å²) >= 11 is -0.698. The van der Waals surface area contributed by atoms with E-state index < -0.39 is 19.2 Å². The molecule has 0 spiro atoms. The van der Waals surface area contributed by atoms with Crippen molar-refractivity contribution < 1.29 is 29.4 Å². The molecule has 3 unspecified atom stereocenters. The summed E-state index contributed by atoms with van der Waals surface area (Å²) in [5, 5.41) is 23.9. The van der Waals surface area contributed by atoms with Crippen molar-refractivity contribution in [3.63, 3.8) is 0 Å². The average Bonchev–Trinajstić information content (AvgIpc) is 3.07. The molecular formula is C32H48O2S2Zr. The van der Waals surface area contributed by atoms with Crippen LogP contribution in [0, 0.1) is 13.8 Å². The van der Waals surface area contributed by atoms with Crippen LogP contribution in [0.4, 0.5) is 0 Å². The molecule has 2 aromatic carbocycles. The first-order chi connectivity index (χ1) is 17.3. The number of phenols is 2. The van der Waals surface area contributed by atoms with Gasteiger partial charge in [0.15, 0.2) is 0 Å². The number of aromatic hydroxyl groups is 2. The Hall–Kier alpha value is -0.377. The Balaban J connectivity index is 1.77. The molecule has 2 N–H and O–H groups in total. The normalized spacial score (nSPS) is 24.5. The topological polar surface area (TPSA) is 40.5 Å². The fourth-order valence-corrected chi connectivity index (χ4v) is 34.6. The van der Waals surface area contributed by atoms with Gasteiger partial charge in [0.2, 0.25) is 0 Å². The van der Waals surface area contributed by atoms with E-state index in [9.17, 15) is 10.2 Å². The summed E-state index contributed by atoms with van der Waals surface area (Å²) in [6.45, 7) is 17.8. The Kier molecular flexibility index (Phi) is 9.30. The molecule has 204 valence electrons. The van der Waals surface area contributed by atoms with Crippen molar-refractivity contribution in [2.75, 3.05) is 0 Å². The van der Waals surface area contributed by atoms with Gasteiger partial charge in [-0.15, -0.1) is 0 Å². The molecule has 0 aromatic heterocycles. The number of fused-ring (bicyclic) bond motifs is 1. The summed E-state index contributed by atoms with van der Waals surface area (Å²) < 4.78 is 0. The summed E-state index contributed by atoms with van der Waals surface area (Å²) in [6, 6.07) is 9.02. The first-order valence-corrected chi connectivity index (χ1v) is 23.0. The fourth-order valence-electron chi connectivity index (χ4n) is 5.73. The zero-order valence-electron chi connectivity index (χ0n) is 24.3.